The second kappa shape index (κ2) is 3.83. The number of anilines is 1. The number of nitrogens with zero attached hydrogens (tertiary/aromatic N) is 2. The molecular formula is C10H13BrN4. The zero-order valence-corrected chi connectivity index (χ0v) is 10.2. The van der Waals surface area contributed by atoms with E-state index in [1.54, 1.807) is 0 Å². The van der Waals surface area contributed by atoms with E-state index in [0.29, 0.717) is 0 Å². The molecule has 0 radical (unpaired) electrons. The molecule has 0 bridgehead atoms. The fourth-order valence-electron chi connectivity index (χ4n) is 1.58. The first-order valence-corrected chi connectivity index (χ1v) is 5.53. The van der Waals surface area contributed by atoms with Gasteiger partial charge in [0.2, 0.25) is 0 Å². The van der Waals surface area contributed by atoms with Gasteiger partial charge in [0.1, 0.15) is 15.9 Å². The highest BCUT2D eigenvalue weighted by atomic mass is 79.9. The Morgan fingerprint density at radius 1 is 1.60 bits per heavy atom. The standard InChI is InChI=1S/C10H13BrN4/c1-6(13-2)10-14-9(11)8-7(12)4-3-5-15(8)10/h3-6,13H,12H2,1-2H3. The first kappa shape index (κ1) is 10.4. The van der Waals surface area contributed by atoms with E-state index in [1.165, 1.54) is 0 Å². The maximum absolute atomic E-state index is 5.90. The summed E-state index contributed by atoms with van der Waals surface area (Å²) in [5.41, 5.74) is 7.55. The zero-order valence-electron chi connectivity index (χ0n) is 8.66. The number of fused-ring (bicyclic) bond motifs is 1. The lowest BCUT2D eigenvalue weighted by Crippen LogP contribution is -2.15. The van der Waals surface area contributed by atoms with Crippen LogP contribution in [0.2, 0.25) is 0 Å². The van der Waals surface area contributed by atoms with Gasteiger partial charge in [0.15, 0.2) is 0 Å². The van der Waals surface area contributed by atoms with Crippen molar-refractivity contribution in [3.63, 3.8) is 0 Å². The van der Waals surface area contributed by atoms with Crippen LogP contribution in [0.1, 0.15) is 18.8 Å². The van der Waals surface area contributed by atoms with Crippen LogP contribution in [0.25, 0.3) is 5.52 Å². The topological polar surface area (TPSA) is 55.3 Å². The van der Waals surface area contributed by atoms with Gasteiger partial charge in [-0.1, -0.05) is 0 Å². The van der Waals surface area contributed by atoms with Crippen molar-refractivity contribution in [1.29, 1.82) is 0 Å². The molecule has 5 heteroatoms. The summed E-state index contributed by atoms with van der Waals surface area (Å²) in [6.07, 6.45) is 1.96. The largest absolute Gasteiger partial charge is 0.397 e. The van der Waals surface area contributed by atoms with Gasteiger partial charge in [0.25, 0.3) is 0 Å². The molecule has 0 aromatic carbocycles. The minimum atomic E-state index is 0.186. The summed E-state index contributed by atoms with van der Waals surface area (Å²) in [5.74, 6) is 0.951. The first-order valence-electron chi connectivity index (χ1n) is 4.74. The predicted octanol–water partition coefficient (Wildman–Crippen LogP) is 1.96. The number of nitrogen functional groups attached to an aromatic ring is 1. The van der Waals surface area contributed by atoms with E-state index in [4.69, 9.17) is 5.73 Å². The van der Waals surface area contributed by atoms with Crippen LogP contribution in [-0.2, 0) is 0 Å². The Balaban J connectivity index is 2.73. The summed E-state index contributed by atoms with van der Waals surface area (Å²) in [5, 5.41) is 3.16. The monoisotopic (exact) mass is 268 g/mol. The Kier molecular flexibility index (Phi) is 2.67. The van der Waals surface area contributed by atoms with Crippen molar-refractivity contribution < 1.29 is 0 Å². The van der Waals surface area contributed by atoms with Gasteiger partial charge in [0, 0.05) is 6.20 Å². The van der Waals surface area contributed by atoms with Crippen molar-refractivity contribution in [2.45, 2.75) is 13.0 Å². The number of rotatable bonds is 2. The molecule has 0 aliphatic carbocycles. The average Bonchev–Trinajstić information content (AvgIpc) is 2.56. The molecule has 0 aliphatic rings. The Bertz CT molecular complexity index is 491. The molecule has 15 heavy (non-hydrogen) atoms. The molecule has 0 saturated carbocycles. The lowest BCUT2D eigenvalue weighted by Gasteiger charge is -2.08. The SMILES string of the molecule is CNC(C)c1nc(Br)c2c(N)cccn12. The smallest absolute Gasteiger partial charge is 0.134 e. The minimum absolute atomic E-state index is 0.186. The van der Waals surface area contributed by atoms with Crippen LogP contribution in [0.4, 0.5) is 5.69 Å². The van der Waals surface area contributed by atoms with Gasteiger partial charge in [-0.15, -0.1) is 0 Å². The molecular weight excluding hydrogens is 256 g/mol. The Labute approximate surface area is 96.6 Å². The van der Waals surface area contributed by atoms with Crippen LogP contribution in [0.15, 0.2) is 22.9 Å². The predicted molar refractivity (Wildman–Crippen MR) is 64.8 cm³/mol. The Morgan fingerprint density at radius 2 is 2.33 bits per heavy atom. The van der Waals surface area contributed by atoms with Gasteiger partial charge in [-0.25, -0.2) is 4.98 Å². The molecule has 4 nitrogen and oxygen atoms in total. The second-order valence-corrected chi connectivity index (χ2v) is 4.20. The number of nitrogens with one attached hydrogen (secondary N) is 1. The van der Waals surface area contributed by atoms with E-state index in [1.807, 2.05) is 29.8 Å². The van der Waals surface area contributed by atoms with Crippen LogP contribution < -0.4 is 11.1 Å². The maximum atomic E-state index is 5.90. The van der Waals surface area contributed by atoms with E-state index < -0.39 is 0 Å². The summed E-state index contributed by atoms with van der Waals surface area (Å²) in [6, 6.07) is 3.98. The number of hydrogen-bond donors (Lipinski definition) is 2. The van der Waals surface area contributed by atoms with Gasteiger partial charge in [-0.2, -0.15) is 0 Å². The lowest BCUT2D eigenvalue weighted by atomic mass is 10.3. The first-order chi connectivity index (χ1) is 7.15. The van der Waals surface area contributed by atoms with Gasteiger partial charge in [-0.05, 0) is 42.0 Å². The molecule has 0 fully saturated rings. The van der Waals surface area contributed by atoms with Crippen molar-refractivity contribution in [2.24, 2.45) is 0 Å². The number of hydrogen-bond acceptors (Lipinski definition) is 3. The molecule has 0 saturated heterocycles. The average molecular weight is 269 g/mol. The molecule has 1 unspecified atom stereocenters. The van der Waals surface area contributed by atoms with Crippen LogP contribution >= 0.6 is 15.9 Å². The highest BCUT2D eigenvalue weighted by Gasteiger charge is 2.14. The number of nitrogens with two attached hydrogens (primary N) is 1. The summed E-state index contributed by atoms with van der Waals surface area (Å²) in [6.45, 7) is 2.06. The summed E-state index contributed by atoms with van der Waals surface area (Å²) < 4.78 is 2.79. The molecule has 2 rings (SSSR count). The van der Waals surface area contributed by atoms with E-state index >= 15 is 0 Å². The lowest BCUT2D eigenvalue weighted by molar-refractivity contribution is 0.607. The number of imidazole rings is 1. The van der Waals surface area contributed by atoms with Gasteiger partial charge in [0.05, 0.1) is 11.7 Å². The fraction of sp³-hybridized carbons (Fsp3) is 0.300. The third-order valence-corrected chi connectivity index (χ3v) is 3.05. The van der Waals surface area contributed by atoms with Crippen molar-refractivity contribution in [1.82, 2.24) is 14.7 Å². The number of halogens is 1. The van der Waals surface area contributed by atoms with Gasteiger partial charge >= 0.3 is 0 Å². The van der Waals surface area contributed by atoms with E-state index in [9.17, 15) is 0 Å². The summed E-state index contributed by atoms with van der Waals surface area (Å²) in [7, 11) is 1.91. The number of pyridine rings is 1. The molecule has 0 aliphatic heterocycles. The quantitative estimate of drug-likeness (QED) is 0.876. The van der Waals surface area contributed by atoms with Crippen LogP contribution in [0.5, 0.6) is 0 Å². The molecule has 0 amide bonds. The highest BCUT2D eigenvalue weighted by Crippen LogP contribution is 2.26. The van der Waals surface area contributed by atoms with Crippen LogP contribution in [-0.4, -0.2) is 16.4 Å². The van der Waals surface area contributed by atoms with Crippen molar-refractivity contribution >= 4 is 27.1 Å². The molecule has 2 heterocycles. The normalized spacial score (nSPS) is 13.3. The molecule has 3 N–H and O–H groups in total. The summed E-state index contributed by atoms with van der Waals surface area (Å²) >= 11 is 3.43. The summed E-state index contributed by atoms with van der Waals surface area (Å²) in [4.78, 5) is 4.46. The van der Waals surface area contributed by atoms with Crippen LogP contribution in [0, 0.1) is 0 Å². The van der Waals surface area contributed by atoms with E-state index in [0.717, 1.165) is 21.6 Å². The molecule has 80 valence electrons. The van der Waals surface area contributed by atoms with Crippen molar-refractivity contribution in [3.05, 3.63) is 28.8 Å². The Hall–Kier alpha value is -1.07. The molecule has 1 atom stereocenters. The zero-order chi connectivity index (χ0) is 11.0. The maximum Gasteiger partial charge on any atom is 0.134 e. The fourth-order valence-corrected chi connectivity index (χ4v) is 2.18. The van der Waals surface area contributed by atoms with Gasteiger partial charge in [-0.3, -0.25) is 4.40 Å². The third-order valence-electron chi connectivity index (χ3n) is 2.50. The van der Waals surface area contributed by atoms with E-state index in [-0.39, 0.29) is 6.04 Å². The minimum Gasteiger partial charge on any atom is -0.397 e. The second-order valence-electron chi connectivity index (χ2n) is 3.45. The third kappa shape index (κ3) is 1.61. The number of aromatic nitrogens is 2. The van der Waals surface area contributed by atoms with Crippen molar-refractivity contribution in [3.8, 4) is 0 Å². The molecule has 0 spiro atoms. The van der Waals surface area contributed by atoms with Crippen LogP contribution in [0.3, 0.4) is 0 Å². The van der Waals surface area contributed by atoms with Crippen molar-refractivity contribution in [2.75, 3.05) is 12.8 Å². The molecule has 2 aromatic heterocycles. The molecule has 2 aromatic rings. The Morgan fingerprint density at radius 3 is 3.00 bits per heavy atom. The van der Waals surface area contributed by atoms with Gasteiger partial charge < -0.3 is 11.1 Å². The highest BCUT2D eigenvalue weighted by molar-refractivity contribution is 9.10. The van der Waals surface area contributed by atoms with E-state index in [2.05, 4.69) is 33.2 Å².